The van der Waals surface area contributed by atoms with Gasteiger partial charge < -0.3 is 14.7 Å². The highest BCUT2D eigenvalue weighted by molar-refractivity contribution is 9.10. The van der Waals surface area contributed by atoms with Crippen LogP contribution in [-0.4, -0.2) is 54.4 Å². The van der Waals surface area contributed by atoms with Gasteiger partial charge in [0.1, 0.15) is 0 Å². The maximum absolute atomic E-state index is 12.4. The molecule has 1 aromatic carbocycles. The summed E-state index contributed by atoms with van der Waals surface area (Å²) in [5, 5.41) is 0. The molecular weight excluding hydrogens is 322 g/mol. The molecule has 0 spiro atoms. The van der Waals surface area contributed by atoms with Crippen molar-refractivity contribution >= 4 is 27.9 Å². The van der Waals surface area contributed by atoms with Crippen molar-refractivity contribution in [3.63, 3.8) is 0 Å². The van der Waals surface area contributed by atoms with E-state index < -0.39 is 0 Å². The molecule has 0 N–H and O–H groups in total. The van der Waals surface area contributed by atoms with Crippen molar-refractivity contribution in [2.45, 2.75) is 13.0 Å². The zero-order valence-corrected chi connectivity index (χ0v) is 13.6. The van der Waals surface area contributed by atoms with Gasteiger partial charge in [0, 0.05) is 31.2 Å². The van der Waals surface area contributed by atoms with Gasteiger partial charge in [0.05, 0.1) is 12.7 Å². The number of amides is 3. The van der Waals surface area contributed by atoms with Crippen molar-refractivity contribution in [1.29, 1.82) is 0 Å². The molecule has 0 saturated carbocycles. The molecule has 0 radical (unpaired) electrons. The summed E-state index contributed by atoms with van der Waals surface area (Å²) in [5.74, 6) is -0.0350. The molecule has 1 heterocycles. The Kier molecular flexibility index (Phi) is 4.04. The molecule has 1 atom stereocenters. The first-order chi connectivity index (χ1) is 9.32. The van der Waals surface area contributed by atoms with Gasteiger partial charge in [0.2, 0.25) is 0 Å². The average molecular weight is 340 g/mol. The minimum atomic E-state index is -0.123. The standard InChI is InChI=1S/C14H18BrN3O2/c1-9-11-6-5-10(15)7-12(11)13(19)18(9)8-17(4)14(20)16(2)3/h5-7,9H,8H2,1-4H3. The number of halogens is 1. The molecule has 0 aliphatic carbocycles. The van der Waals surface area contributed by atoms with Crippen LogP contribution in [0.3, 0.4) is 0 Å². The van der Waals surface area contributed by atoms with Crippen molar-refractivity contribution in [3.8, 4) is 0 Å². The van der Waals surface area contributed by atoms with E-state index in [1.54, 1.807) is 26.0 Å². The fourth-order valence-electron chi connectivity index (χ4n) is 2.39. The van der Waals surface area contributed by atoms with Crippen molar-refractivity contribution < 1.29 is 9.59 Å². The van der Waals surface area contributed by atoms with Crippen LogP contribution in [0.25, 0.3) is 0 Å². The number of carbonyl (C=O) groups is 2. The van der Waals surface area contributed by atoms with Gasteiger partial charge in [-0.2, -0.15) is 0 Å². The van der Waals surface area contributed by atoms with Crippen LogP contribution in [0, 0.1) is 0 Å². The molecule has 1 aliphatic heterocycles. The highest BCUT2D eigenvalue weighted by atomic mass is 79.9. The predicted molar refractivity (Wildman–Crippen MR) is 80.4 cm³/mol. The minimum Gasteiger partial charge on any atom is -0.331 e. The molecular formula is C14H18BrN3O2. The first kappa shape index (κ1) is 14.8. The van der Waals surface area contributed by atoms with E-state index in [4.69, 9.17) is 0 Å². The lowest BCUT2D eigenvalue weighted by atomic mass is 10.1. The molecule has 108 valence electrons. The molecule has 0 saturated heterocycles. The normalized spacial score (nSPS) is 17.1. The molecule has 0 bridgehead atoms. The summed E-state index contributed by atoms with van der Waals surface area (Å²) in [6, 6.07) is 5.57. The Labute approximate surface area is 127 Å². The molecule has 0 aromatic heterocycles. The molecule has 2 rings (SSSR count). The monoisotopic (exact) mass is 339 g/mol. The Balaban J connectivity index is 2.20. The Morgan fingerprint density at radius 3 is 2.60 bits per heavy atom. The summed E-state index contributed by atoms with van der Waals surface area (Å²) >= 11 is 3.38. The van der Waals surface area contributed by atoms with Gasteiger partial charge in [-0.25, -0.2) is 4.79 Å². The Morgan fingerprint density at radius 2 is 2.00 bits per heavy atom. The van der Waals surface area contributed by atoms with E-state index in [9.17, 15) is 9.59 Å². The molecule has 0 fully saturated rings. The van der Waals surface area contributed by atoms with E-state index in [0.29, 0.717) is 5.56 Å². The van der Waals surface area contributed by atoms with Crippen LogP contribution in [0.2, 0.25) is 0 Å². The summed E-state index contributed by atoms with van der Waals surface area (Å²) in [4.78, 5) is 29.1. The number of rotatable bonds is 2. The lowest BCUT2D eigenvalue weighted by Crippen LogP contribution is -2.44. The summed E-state index contributed by atoms with van der Waals surface area (Å²) in [6.45, 7) is 2.26. The van der Waals surface area contributed by atoms with Gasteiger partial charge in [-0.05, 0) is 24.6 Å². The van der Waals surface area contributed by atoms with Crippen molar-refractivity contribution in [2.24, 2.45) is 0 Å². The second-order valence-electron chi connectivity index (χ2n) is 5.20. The largest absolute Gasteiger partial charge is 0.331 e. The summed E-state index contributed by atoms with van der Waals surface area (Å²) < 4.78 is 0.886. The highest BCUT2D eigenvalue weighted by Crippen LogP contribution is 2.34. The van der Waals surface area contributed by atoms with Crippen LogP contribution in [0.4, 0.5) is 4.79 Å². The lowest BCUT2D eigenvalue weighted by molar-refractivity contribution is 0.0634. The third-order valence-electron chi connectivity index (χ3n) is 3.50. The molecule has 6 heteroatoms. The zero-order chi connectivity index (χ0) is 15.0. The molecule has 1 unspecified atom stereocenters. The van der Waals surface area contributed by atoms with Crippen LogP contribution < -0.4 is 0 Å². The fourth-order valence-corrected chi connectivity index (χ4v) is 2.75. The average Bonchev–Trinajstić information content (AvgIpc) is 2.62. The Hall–Kier alpha value is -1.56. The highest BCUT2D eigenvalue weighted by Gasteiger charge is 2.35. The minimum absolute atomic E-state index is 0.0250. The smallest absolute Gasteiger partial charge is 0.320 e. The maximum Gasteiger partial charge on any atom is 0.320 e. The van der Waals surface area contributed by atoms with Crippen LogP contribution in [-0.2, 0) is 0 Å². The quantitative estimate of drug-likeness (QED) is 0.830. The first-order valence-corrected chi connectivity index (χ1v) is 7.15. The topological polar surface area (TPSA) is 43.9 Å². The SMILES string of the molecule is CC1c2ccc(Br)cc2C(=O)N1CN(C)C(=O)N(C)C. The van der Waals surface area contributed by atoms with E-state index in [2.05, 4.69) is 15.9 Å². The third-order valence-corrected chi connectivity index (χ3v) is 3.99. The number of hydrogen-bond donors (Lipinski definition) is 0. The fraction of sp³-hybridized carbons (Fsp3) is 0.429. The van der Waals surface area contributed by atoms with E-state index in [1.165, 1.54) is 9.80 Å². The predicted octanol–water partition coefficient (Wildman–Crippen LogP) is 2.54. The van der Waals surface area contributed by atoms with E-state index >= 15 is 0 Å². The first-order valence-electron chi connectivity index (χ1n) is 6.35. The Bertz CT molecular complexity index is 559. The van der Waals surface area contributed by atoms with Crippen LogP contribution in [0.5, 0.6) is 0 Å². The second kappa shape index (κ2) is 5.44. The van der Waals surface area contributed by atoms with Crippen molar-refractivity contribution in [3.05, 3.63) is 33.8 Å². The molecule has 1 aliphatic rings. The Morgan fingerprint density at radius 1 is 1.35 bits per heavy atom. The van der Waals surface area contributed by atoms with Gasteiger partial charge >= 0.3 is 6.03 Å². The molecule has 20 heavy (non-hydrogen) atoms. The van der Waals surface area contributed by atoms with Gasteiger partial charge in [-0.1, -0.05) is 22.0 Å². The maximum atomic E-state index is 12.4. The number of nitrogens with zero attached hydrogens (tertiary/aromatic N) is 3. The number of urea groups is 1. The van der Waals surface area contributed by atoms with E-state index in [1.807, 2.05) is 25.1 Å². The third kappa shape index (κ3) is 2.52. The van der Waals surface area contributed by atoms with Crippen molar-refractivity contribution in [2.75, 3.05) is 27.8 Å². The van der Waals surface area contributed by atoms with E-state index in [0.717, 1.165) is 10.0 Å². The van der Waals surface area contributed by atoms with E-state index in [-0.39, 0.29) is 24.6 Å². The number of carbonyl (C=O) groups excluding carboxylic acids is 2. The second-order valence-corrected chi connectivity index (χ2v) is 6.11. The van der Waals surface area contributed by atoms with Gasteiger partial charge in [0.15, 0.2) is 0 Å². The van der Waals surface area contributed by atoms with Crippen LogP contribution in [0.15, 0.2) is 22.7 Å². The number of benzene rings is 1. The zero-order valence-electron chi connectivity index (χ0n) is 12.1. The molecule has 3 amide bonds. The van der Waals surface area contributed by atoms with Gasteiger partial charge in [0.25, 0.3) is 5.91 Å². The van der Waals surface area contributed by atoms with Crippen LogP contribution in [0.1, 0.15) is 28.9 Å². The summed E-state index contributed by atoms with van der Waals surface area (Å²) in [7, 11) is 5.08. The summed E-state index contributed by atoms with van der Waals surface area (Å²) in [5.41, 5.74) is 1.71. The van der Waals surface area contributed by atoms with Crippen LogP contribution >= 0.6 is 15.9 Å². The number of hydrogen-bond acceptors (Lipinski definition) is 2. The van der Waals surface area contributed by atoms with Gasteiger partial charge in [-0.3, -0.25) is 4.79 Å². The lowest BCUT2D eigenvalue weighted by Gasteiger charge is -2.29. The number of fused-ring (bicyclic) bond motifs is 1. The summed E-state index contributed by atoms with van der Waals surface area (Å²) in [6.07, 6.45) is 0. The van der Waals surface area contributed by atoms with Crippen molar-refractivity contribution in [1.82, 2.24) is 14.7 Å². The molecule has 1 aromatic rings. The molecule has 5 nitrogen and oxygen atoms in total. The van der Waals surface area contributed by atoms with Gasteiger partial charge in [-0.15, -0.1) is 0 Å².